The van der Waals surface area contributed by atoms with Crippen molar-refractivity contribution in [1.82, 2.24) is 15.5 Å². The van der Waals surface area contributed by atoms with E-state index in [1.54, 1.807) is 18.2 Å². The van der Waals surface area contributed by atoms with E-state index in [0.717, 1.165) is 12.1 Å². The summed E-state index contributed by atoms with van der Waals surface area (Å²) in [5, 5.41) is 9.58. The molecule has 1 heterocycles. The van der Waals surface area contributed by atoms with Gasteiger partial charge >= 0.3 is 0 Å². The highest BCUT2D eigenvalue weighted by Crippen LogP contribution is 2.10. The lowest BCUT2D eigenvalue weighted by molar-refractivity contribution is 0.0942. The minimum Gasteiger partial charge on any atom is -0.492 e. The molecule has 2 rings (SSSR count). The van der Waals surface area contributed by atoms with Crippen LogP contribution in [0.25, 0.3) is 0 Å². The molecule has 2 N–H and O–H groups in total. The lowest BCUT2D eigenvalue weighted by Crippen LogP contribution is -2.28. The lowest BCUT2D eigenvalue weighted by Gasteiger charge is -2.06. The lowest BCUT2D eigenvalue weighted by atomic mass is 10.1. The number of carbonyl (C=O) groups excluding carboxylic acids is 1. The highest BCUT2D eigenvalue weighted by Gasteiger charge is 2.10. The van der Waals surface area contributed by atoms with E-state index in [1.807, 2.05) is 0 Å². The van der Waals surface area contributed by atoms with Gasteiger partial charge in [-0.3, -0.25) is 9.89 Å². The van der Waals surface area contributed by atoms with E-state index in [0.29, 0.717) is 30.5 Å². The van der Waals surface area contributed by atoms with E-state index >= 15 is 0 Å². The van der Waals surface area contributed by atoms with Gasteiger partial charge in [0, 0.05) is 5.69 Å². The third kappa shape index (κ3) is 4.87. The molecule has 0 fully saturated rings. The Bertz CT molecular complexity index is 608. The summed E-state index contributed by atoms with van der Waals surface area (Å²) in [5.41, 5.74) is 1.32. The smallest absolute Gasteiger partial charge is 0.271 e. The van der Waals surface area contributed by atoms with E-state index in [1.165, 1.54) is 12.1 Å². The van der Waals surface area contributed by atoms with Crippen LogP contribution in [0.5, 0.6) is 5.75 Å². The molecule has 1 amide bonds. The van der Waals surface area contributed by atoms with Crippen molar-refractivity contribution in [1.29, 1.82) is 0 Å². The number of aromatic nitrogens is 2. The largest absolute Gasteiger partial charge is 0.492 e. The number of benzene rings is 1. The molecule has 0 saturated heterocycles. The molecule has 0 spiro atoms. The molecule has 0 atom stereocenters. The van der Waals surface area contributed by atoms with Gasteiger partial charge in [0.1, 0.15) is 23.9 Å². The number of ether oxygens (including phenoxy) is 1. The molecule has 0 aliphatic carbocycles. The van der Waals surface area contributed by atoms with Gasteiger partial charge in [0.25, 0.3) is 5.91 Å². The molecular weight excluding hydrogens is 285 g/mol. The Morgan fingerprint density at radius 1 is 1.36 bits per heavy atom. The van der Waals surface area contributed by atoms with Crippen molar-refractivity contribution in [3.63, 3.8) is 0 Å². The van der Waals surface area contributed by atoms with Crippen LogP contribution in [0.4, 0.5) is 4.39 Å². The summed E-state index contributed by atoms with van der Waals surface area (Å²) >= 11 is 0. The Balaban J connectivity index is 1.73. The van der Waals surface area contributed by atoms with Gasteiger partial charge in [-0.15, -0.1) is 0 Å². The monoisotopic (exact) mass is 305 g/mol. The fourth-order valence-corrected chi connectivity index (χ4v) is 1.98. The Morgan fingerprint density at radius 3 is 2.77 bits per heavy atom. The van der Waals surface area contributed by atoms with E-state index in [4.69, 9.17) is 4.74 Å². The quantitative estimate of drug-likeness (QED) is 0.773. The molecule has 0 radical (unpaired) electrons. The molecule has 5 nitrogen and oxygen atoms in total. The first-order chi connectivity index (χ1) is 10.5. The number of hydrogen-bond donors (Lipinski definition) is 2. The van der Waals surface area contributed by atoms with Crippen molar-refractivity contribution in [3.05, 3.63) is 47.5 Å². The minimum atomic E-state index is -0.309. The van der Waals surface area contributed by atoms with Crippen LogP contribution in [-0.4, -0.2) is 29.3 Å². The average molecular weight is 305 g/mol. The molecule has 1 aromatic heterocycles. The molecule has 118 valence electrons. The van der Waals surface area contributed by atoms with Crippen LogP contribution in [0.2, 0.25) is 0 Å². The molecule has 0 bridgehead atoms. The highest BCUT2D eigenvalue weighted by molar-refractivity contribution is 5.92. The van der Waals surface area contributed by atoms with Crippen molar-refractivity contribution in [3.8, 4) is 5.75 Å². The summed E-state index contributed by atoms with van der Waals surface area (Å²) < 4.78 is 18.1. The fraction of sp³-hybridized carbons (Fsp3) is 0.375. The van der Waals surface area contributed by atoms with Crippen LogP contribution in [0, 0.1) is 11.7 Å². The Labute approximate surface area is 128 Å². The molecule has 22 heavy (non-hydrogen) atoms. The first-order valence-corrected chi connectivity index (χ1v) is 7.25. The van der Waals surface area contributed by atoms with Crippen molar-refractivity contribution in [2.45, 2.75) is 20.3 Å². The predicted octanol–water partition coefficient (Wildman–Crippen LogP) is 2.56. The number of hydrogen-bond acceptors (Lipinski definition) is 3. The zero-order valence-corrected chi connectivity index (χ0v) is 12.7. The number of nitrogens with one attached hydrogen (secondary N) is 2. The van der Waals surface area contributed by atoms with Crippen molar-refractivity contribution in [2.75, 3.05) is 13.2 Å². The van der Waals surface area contributed by atoms with Crippen LogP contribution in [-0.2, 0) is 6.42 Å². The zero-order chi connectivity index (χ0) is 15.9. The van der Waals surface area contributed by atoms with Gasteiger partial charge in [0.2, 0.25) is 0 Å². The summed E-state index contributed by atoms with van der Waals surface area (Å²) in [6.45, 7) is 4.87. The van der Waals surface area contributed by atoms with Crippen molar-refractivity contribution in [2.24, 2.45) is 5.92 Å². The van der Waals surface area contributed by atoms with Gasteiger partial charge in [0.15, 0.2) is 0 Å². The topological polar surface area (TPSA) is 67.0 Å². The summed E-state index contributed by atoms with van der Waals surface area (Å²) in [7, 11) is 0. The van der Waals surface area contributed by atoms with E-state index < -0.39 is 0 Å². The molecule has 0 aliphatic rings. The highest BCUT2D eigenvalue weighted by atomic mass is 19.1. The Kier molecular flexibility index (Phi) is 5.52. The molecule has 0 saturated carbocycles. The molecule has 0 unspecified atom stereocenters. The van der Waals surface area contributed by atoms with E-state index in [-0.39, 0.29) is 11.7 Å². The van der Waals surface area contributed by atoms with Crippen LogP contribution in [0.3, 0.4) is 0 Å². The second kappa shape index (κ2) is 7.59. The number of halogens is 1. The minimum absolute atomic E-state index is 0.242. The normalized spacial score (nSPS) is 10.7. The van der Waals surface area contributed by atoms with Gasteiger partial charge in [-0.2, -0.15) is 5.10 Å². The van der Waals surface area contributed by atoms with Crippen molar-refractivity contribution >= 4 is 5.91 Å². The maximum atomic E-state index is 12.7. The second-order valence-electron chi connectivity index (χ2n) is 5.43. The van der Waals surface area contributed by atoms with Crippen molar-refractivity contribution < 1.29 is 13.9 Å². The molecule has 6 heteroatoms. The van der Waals surface area contributed by atoms with Crippen LogP contribution >= 0.6 is 0 Å². The third-order valence-electron chi connectivity index (χ3n) is 2.96. The predicted molar refractivity (Wildman–Crippen MR) is 81.4 cm³/mol. The van der Waals surface area contributed by atoms with Crippen LogP contribution < -0.4 is 10.1 Å². The van der Waals surface area contributed by atoms with Gasteiger partial charge in [-0.25, -0.2) is 4.39 Å². The van der Waals surface area contributed by atoms with Gasteiger partial charge in [-0.1, -0.05) is 13.8 Å². The van der Waals surface area contributed by atoms with Crippen LogP contribution in [0.1, 0.15) is 30.0 Å². The van der Waals surface area contributed by atoms with Gasteiger partial charge in [-0.05, 0) is 42.7 Å². The second-order valence-corrected chi connectivity index (χ2v) is 5.43. The summed E-state index contributed by atoms with van der Waals surface area (Å²) in [5.74, 6) is 0.514. The Hall–Kier alpha value is -2.37. The number of nitrogens with zero attached hydrogens (tertiary/aromatic N) is 1. The maximum absolute atomic E-state index is 12.7. The van der Waals surface area contributed by atoms with Crippen LogP contribution in [0.15, 0.2) is 30.3 Å². The molecular formula is C16H20FN3O2. The summed E-state index contributed by atoms with van der Waals surface area (Å²) in [4.78, 5) is 11.9. The number of amides is 1. The molecule has 1 aromatic carbocycles. The molecule has 0 aliphatic heterocycles. The van der Waals surface area contributed by atoms with Gasteiger partial charge < -0.3 is 10.1 Å². The SMILES string of the molecule is CC(C)Cc1cc(C(=O)NCCOc2ccc(F)cc2)n[nH]1. The fourth-order valence-electron chi connectivity index (χ4n) is 1.98. The Morgan fingerprint density at radius 2 is 2.09 bits per heavy atom. The standard InChI is InChI=1S/C16H20FN3O2/c1-11(2)9-13-10-15(20-19-13)16(21)18-7-8-22-14-5-3-12(17)4-6-14/h3-6,10-11H,7-9H2,1-2H3,(H,18,21)(H,19,20). The number of aromatic amines is 1. The zero-order valence-electron chi connectivity index (χ0n) is 12.7. The maximum Gasteiger partial charge on any atom is 0.271 e. The summed E-state index contributed by atoms with van der Waals surface area (Å²) in [6.07, 6.45) is 0.855. The first-order valence-electron chi connectivity index (χ1n) is 7.25. The average Bonchev–Trinajstić information content (AvgIpc) is 2.93. The first kappa shape index (κ1) is 16.0. The van der Waals surface area contributed by atoms with E-state index in [9.17, 15) is 9.18 Å². The number of rotatable bonds is 7. The van der Waals surface area contributed by atoms with E-state index in [2.05, 4.69) is 29.4 Å². The number of carbonyl (C=O) groups is 1. The number of H-pyrrole nitrogens is 1. The summed E-state index contributed by atoms with van der Waals surface area (Å²) in [6, 6.07) is 7.50. The third-order valence-corrected chi connectivity index (χ3v) is 2.96. The van der Waals surface area contributed by atoms with Gasteiger partial charge in [0.05, 0.1) is 6.54 Å². The molecule has 2 aromatic rings.